The minimum Gasteiger partial charge on any atom is -0.477 e. The van der Waals surface area contributed by atoms with E-state index >= 15 is 0 Å². The molecule has 1 aromatic rings. The van der Waals surface area contributed by atoms with Crippen molar-refractivity contribution in [2.24, 2.45) is 5.92 Å². The Hall–Kier alpha value is -1.67. The zero-order chi connectivity index (χ0) is 15.4. The number of aryl methyl sites for hydroxylation is 1. The molecule has 2 rings (SSSR count). The molecular weight excluding hydrogens is 294 g/mol. The summed E-state index contributed by atoms with van der Waals surface area (Å²) in [5.74, 6) is -0.592. The molecule has 0 radical (unpaired) electrons. The topological polar surface area (TPSA) is 91.8 Å². The minimum absolute atomic E-state index is 0.140. The zero-order valence-electron chi connectivity index (χ0n) is 12.1. The molecule has 2 amide bonds. The Balaban J connectivity index is 1.84. The molecule has 0 aromatic carbocycles. The van der Waals surface area contributed by atoms with Crippen molar-refractivity contribution in [3.8, 4) is 0 Å². The highest BCUT2D eigenvalue weighted by molar-refractivity contribution is 7.13. The van der Waals surface area contributed by atoms with Crippen LogP contribution in [0.1, 0.15) is 26.8 Å². The van der Waals surface area contributed by atoms with Crippen molar-refractivity contribution in [2.45, 2.75) is 19.9 Å². The summed E-state index contributed by atoms with van der Waals surface area (Å²) in [6.07, 6.45) is 0.945. The number of nitrogens with zero attached hydrogens (tertiary/aromatic N) is 2. The Morgan fingerprint density at radius 2 is 2.33 bits per heavy atom. The number of amides is 2. The molecule has 7 nitrogen and oxygen atoms in total. The Bertz CT molecular complexity index is 531. The first kappa shape index (κ1) is 15.7. The highest BCUT2D eigenvalue weighted by atomic mass is 32.1. The number of carboxylic acids is 1. The Kier molecular flexibility index (Phi) is 5.13. The lowest BCUT2D eigenvalue weighted by atomic mass is 10.1. The van der Waals surface area contributed by atoms with Crippen molar-refractivity contribution >= 4 is 23.3 Å². The van der Waals surface area contributed by atoms with Crippen LogP contribution in [0.25, 0.3) is 0 Å². The van der Waals surface area contributed by atoms with Crippen molar-refractivity contribution in [3.05, 3.63) is 15.6 Å². The third-order valence-corrected chi connectivity index (χ3v) is 4.55. The molecule has 2 N–H and O–H groups in total. The first-order chi connectivity index (χ1) is 10.0. The molecule has 0 aliphatic carbocycles. The van der Waals surface area contributed by atoms with Gasteiger partial charge in [-0.1, -0.05) is 0 Å². The fourth-order valence-electron chi connectivity index (χ4n) is 2.38. The standard InChI is InChI=1S/C13H19N3O4S/c1-8-11(12(17)18)21-10(15-8)5-14-13(19)16-4-3-9(6-16)7-20-2/h9H,3-7H2,1-2H3,(H,14,19)(H,17,18). The number of carbonyl (C=O) groups is 2. The van der Waals surface area contributed by atoms with Gasteiger partial charge in [-0.3, -0.25) is 0 Å². The first-order valence-electron chi connectivity index (χ1n) is 6.72. The van der Waals surface area contributed by atoms with Gasteiger partial charge in [0.25, 0.3) is 0 Å². The molecule has 1 atom stereocenters. The summed E-state index contributed by atoms with van der Waals surface area (Å²) in [5.41, 5.74) is 0.484. The van der Waals surface area contributed by atoms with Crippen LogP contribution in [0.15, 0.2) is 0 Å². The number of likely N-dealkylation sites (tertiary alicyclic amines) is 1. The van der Waals surface area contributed by atoms with Crippen molar-refractivity contribution in [3.63, 3.8) is 0 Å². The van der Waals surface area contributed by atoms with Crippen molar-refractivity contribution in [1.82, 2.24) is 15.2 Å². The molecule has 8 heteroatoms. The molecule has 0 bridgehead atoms. The molecule has 1 aliphatic rings. The molecular formula is C13H19N3O4S. The number of carbonyl (C=O) groups excluding carboxylic acids is 1. The lowest BCUT2D eigenvalue weighted by Crippen LogP contribution is -2.38. The van der Waals surface area contributed by atoms with E-state index in [1.165, 1.54) is 0 Å². The number of ether oxygens (including phenoxy) is 1. The van der Waals surface area contributed by atoms with E-state index in [0.717, 1.165) is 24.3 Å². The molecule has 1 saturated heterocycles. The van der Waals surface area contributed by atoms with Gasteiger partial charge < -0.3 is 20.1 Å². The van der Waals surface area contributed by atoms with Gasteiger partial charge in [0, 0.05) is 26.1 Å². The minimum atomic E-state index is -0.982. The molecule has 21 heavy (non-hydrogen) atoms. The van der Waals surface area contributed by atoms with Crippen LogP contribution in [0.3, 0.4) is 0 Å². The number of methoxy groups -OCH3 is 1. The summed E-state index contributed by atoms with van der Waals surface area (Å²) >= 11 is 1.10. The molecule has 1 aromatic heterocycles. The number of rotatable bonds is 5. The van der Waals surface area contributed by atoms with Crippen LogP contribution in [0.5, 0.6) is 0 Å². The average molecular weight is 313 g/mol. The van der Waals surface area contributed by atoms with Gasteiger partial charge in [-0.05, 0) is 13.3 Å². The third-order valence-electron chi connectivity index (χ3n) is 3.40. The summed E-state index contributed by atoms with van der Waals surface area (Å²) in [7, 11) is 1.66. The first-order valence-corrected chi connectivity index (χ1v) is 7.54. The van der Waals surface area contributed by atoms with Crippen LogP contribution < -0.4 is 5.32 Å². The third kappa shape index (κ3) is 3.92. The monoisotopic (exact) mass is 313 g/mol. The van der Waals surface area contributed by atoms with Crippen LogP contribution in [0.2, 0.25) is 0 Å². The van der Waals surface area contributed by atoms with E-state index in [1.807, 2.05) is 0 Å². The van der Waals surface area contributed by atoms with E-state index in [0.29, 0.717) is 29.8 Å². The van der Waals surface area contributed by atoms with Gasteiger partial charge in [-0.2, -0.15) is 0 Å². The molecule has 1 unspecified atom stereocenters. The lowest BCUT2D eigenvalue weighted by molar-refractivity contribution is 0.0701. The lowest BCUT2D eigenvalue weighted by Gasteiger charge is -2.16. The predicted octanol–water partition coefficient (Wildman–Crippen LogP) is 1.33. The van der Waals surface area contributed by atoms with Gasteiger partial charge in [0.2, 0.25) is 0 Å². The highest BCUT2D eigenvalue weighted by Crippen LogP contribution is 2.19. The summed E-state index contributed by atoms with van der Waals surface area (Å²) in [5, 5.41) is 12.4. The summed E-state index contributed by atoms with van der Waals surface area (Å²) in [4.78, 5) is 29.1. The molecule has 0 spiro atoms. The van der Waals surface area contributed by atoms with E-state index in [-0.39, 0.29) is 17.5 Å². The van der Waals surface area contributed by atoms with Gasteiger partial charge in [-0.15, -0.1) is 11.3 Å². The van der Waals surface area contributed by atoms with Gasteiger partial charge in [0.05, 0.1) is 18.8 Å². The SMILES string of the molecule is COCC1CCN(C(=O)NCc2nc(C)c(C(=O)O)s2)C1. The molecule has 0 saturated carbocycles. The fourth-order valence-corrected chi connectivity index (χ4v) is 3.22. The average Bonchev–Trinajstić information content (AvgIpc) is 3.03. The molecule has 1 fully saturated rings. The second-order valence-electron chi connectivity index (χ2n) is 5.04. The van der Waals surface area contributed by atoms with E-state index in [2.05, 4.69) is 10.3 Å². The molecule has 116 valence electrons. The van der Waals surface area contributed by atoms with Crippen LogP contribution in [-0.4, -0.2) is 53.8 Å². The quantitative estimate of drug-likeness (QED) is 0.855. The van der Waals surface area contributed by atoms with Gasteiger partial charge in [0.15, 0.2) is 0 Å². The van der Waals surface area contributed by atoms with E-state index in [1.54, 1.807) is 18.9 Å². The number of urea groups is 1. The second kappa shape index (κ2) is 6.86. The maximum atomic E-state index is 12.0. The maximum absolute atomic E-state index is 12.0. The van der Waals surface area contributed by atoms with Gasteiger partial charge in [0.1, 0.15) is 9.88 Å². The maximum Gasteiger partial charge on any atom is 0.347 e. The van der Waals surface area contributed by atoms with Crippen molar-refractivity contribution in [2.75, 3.05) is 26.8 Å². The number of thiazole rings is 1. The van der Waals surface area contributed by atoms with Gasteiger partial charge in [-0.25, -0.2) is 14.6 Å². The second-order valence-corrected chi connectivity index (χ2v) is 6.13. The number of hydrogen-bond donors (Lipinski definition) is 2. The Morgan fingerprint density at radius 1 is 1.57 bits per heavy atom. The van der Waals surface area contributed by atoms with E-state index in [4.69, 9.17) is 9.84 Å². The molecule has 1 aliphatic heterocycles. The smallest absolute Gasteiger partial charge is 0.347 e. The van der Waals surface area contributed by atoms with Crippen LogP contribution >= 0.6 is 11.3 Å². The molecule has 2 heterocycles. The summed E-state index contributed by atoms with van der Waals surface area (Å²) < 4.78 is 5.10. The number of aromatic nitrogens is 1. The van der Waals surface area contributed by atoms with Crippen LogP contribution in [-0.2, 0) is 11.3 Å². The largest absolute Gasteiger partial charge is 0.477 e. The Labute approximate surface area is 126 Å². The number of aromatic carboxylic acids is 1. The van der Waals surface area contributed by atoms with E-state index < -0.39 is 5.97 Å². The van der Waals surface area contributed by atoms with E-state index in [9.17, 15) is 9.59 Å². The summed E-state index contributed by atoms with van der Waals surface area (Å²) in [6, 6.07) is -0.140. The van der Waals surface area contributed by atoms with Crippen LogP contribution in [0.4, 0.5) is 4.79 Å². The zero-order valence-corrected chi connectivity index (χ0v) is 12.9. The van der Waals surface area contributed by atoms with Crippen molar-refractivity contribution < 1.29 is 19.4 Å². The number of nitrogens with one attached hydrogen (secondary N) is 1. The number of carboxylic acid groups (broad SMARTS) is 1. The van der Waals surface area contributed by atoms with Crippen molar-refractivity contribution in [1.29, 1.82) is 0 Å². The fraction of sp³-hybridized carbons (Fsp3) is 0.615. The highest BCUT2D eigenvalue weighted by Gasteiger charge is 2.26. The normalized spacial score (nSPS) is 18.0. The predicted molar refractivity (Wildman–Crippen MR) is 77.6 cm³/mol. The summed E-state index contributed by atoms with van der Waals surface area (Å²) in [6.45, 7) is 3.98. The van der Waals surface area contributed by atoms with Gasteiger partial charge >= 0.3 is 12.0 Å². The Morgan fingerprint density at radius 3 is 2.95 bits per heavy atom. The van der Waals surface area contributed by atoms with Crippen LogP contribution in [0, 0.1) is 12.8 Å². The number of hydrogen-bond acceptors (Lipinski definition) is 5.